The fourth-order valence-electron chi connectivity index (χ4n) is 1.38. The van der Waals surface area contributed by atoms with Gasteiger partial charge < -0.3 is 9.15 Å². The molecule has 1 aromatic heterocycles. The summed E-state index contributed by atoms with van der Waals surface area (Å²) in [7, 11) is 0. The van der Waals surface area contributed by atoms with E-state index in [1.807, 2.05) is 0 Å². The molecule has 0 saturated carbocycles. The molecule has 2 heterocycles. The van der Waals surface area contributed by atoms with Crippen LogP contribution in [0.3, 0.4) is 0 Å². The summed E-state index contributed by atoms with van der Waals surface area (Å²) in [5, 5.41) is 0. The number of hydrogen-bond donors (Lipinski definition) is 0. The topological polar surface area (TPSA) is 56.5 Å². The second-order valence-corrected chi connectivity index (χ2v) is 3.25. The van der Waals surface area contributed by atoms with Gasteiger partial charge in [-0.1, -0.05) is 0 Å². The van der Waals surface area contributed by atoms with Crippen LogP contribution in [0.25, 0.3) is 0 Å². The van der Waals surface area contributed by atoms with E-state index in [1.54, 1.807) is 0 Å². The van der Waals surface area contributed by atoms with Crippen LogP contribution in [0.2, 0.25) is 0 Å². The molecule has 1 saturated heterocycles. The van der Waals surface area contributed by atoms with Gasteiger partial charge in [0, 0.05) is 0 Å². The van der Waals surface area contributed by atoms with E-state index < -0.39 is 29.8 Å². The van der Waals surface area contributed by atoms with Crippen molar-refractivity contribution in [2.24, 2.45) is 0 Å². The zero-order valence-electron chi connectivity index (χ0n) is 7.71. The predicted octanol–water partition coefficient (Wildman–Crippen LogP) is 1.86. The third kappa shape index (κ3) is 1.80. The summed E-state index contributed by atoms with van der Waals surface area (Å²) < 4.78 is 45.2. The normalized spacial score (nSPS) is 21.3. The first kappa shape index (κ1) is 10.7. The zero-order chi connectivity index (χ0) is 11.9. The smallest absolute Gasteiger partial charge is 0.449 e. The average molecular weight is 234 g/mol. The van der Waals surface area contributed by atoms with Crippen LogP contribution in [0.1, 0.15) is 23.9 Å². The minimum atomic E-state index is -4.61. The number of hydrogen-bond acceptors (Lipinski definition) is 4. The monoisotopic (exact) mass is 234 g/mol. The number of alkyl halides is 3. The lowest BCUT2D eigenvalue weighted by molar-refractivity contribution is -0.155. The molecule has 4 nitrogen and oxygen atoms in total. The van der Waals surface area contributed by atoms with E-state index in [2.05, 4.69) is 9.15 Å². The number of halogens is 3. The largest absolute Gasteiger partial charge is 0.456 e. The van der Waals surface area contributed by atoms with E-state index in [4.69, 9.17) is 0 Å². The molecule has 0 N–H and O–H groups in total. The molecular formula is C9H5F3O4. The van der Waals surface area contributed by atoms with Crippen molar-refractivity contribution in [2.75, 3.05) is 0 Å². The molecule has 0 aromatic carbocycles. The Morgan fingerprint density at radius 2 is 1.94 bits per heavy atom. The Bertz CT molecular complexity index is 446. The maximum absolute atomic E-state index is 12.2. The molecule has 1 atom stereocenters. The molecule has 1 aliphatic rings. The highest BCUT2D eigenvalue weighted by atomic mass is 19.4. The average Bonchev–Trinajstić information content (AvgIpc) is 2.70. The van der Waals surface area contributed by atoms with E-state index in [-0.39, 0.29) is 12.2 Å². The quantitative estimate of drug-likeness (QED) is 0.549. The molecule has 2 rings (SSSR count). The number of carbonyl (C=O) groups is 2. The molecule has 0 bridgehead atoms. The molecular weight excluding hydrogens is 229 g/mol. The fraction of sp³-hybridized carbons (Fsp3) is 0.333. The van der Waals surface area contributed by atoms with Crippen molar-refractivity contribution in [1.82, 2.24) is 0 Å². The van der Waals surface area contributed by atoms with Gasteiger partial charge in [-0.25, -0.2) is 0 Å². The van der Waals surface area contributed by atoms with E-state index in [1.165, 1.54) is 0 Å². The highest BCUT2D eigenvalue weighted by molar-refractivity contribution is 5.97. The lowest BCUT2D eigenvalue weighted by Crippen LogP contribution is -2.05. The van der Waals surface area contributed by atoms with Crippen molar-refractivity contribution < 1.29 is 31.9 Å². The third-order valence-electron chi connectivity index (χ3n) is 2.12. The summed E-state index contributed by atoms with van der Waals surface area (Å²) >= 11 is 0. The summed E-state index contributed by atoms with van der Waals surface area (Å²) in [6.45, 7) is 0. The zero-order valence-corrected chi connectivity index (χ0v) is 7.71. The lowest BCUT2D eigenvalue weighted by Gasteiger charge is -2.02. The van der Waals surface area contributed by atoms with Gasteiger partial charge in [-0.15, -0.1) is 0 Å². The molecule has 0 spiro atoms. The SMILES string of the molecule is O=C1CC(c2ccc(C(F)(F)F)o2)C(=O)O1. The molecule has 0 aliphatic carbocycles. The van der Waals surface area contributed by atoms with Gasteiger partial charge in [-0.3, -0.25) is 9.59 Å². The van der Waals surface area contributed by atoms with Crippen molar-refractivity contribution >= 4 is 11.9 Å². The van der Waals surface area contributed by atoms with Gasteiger partial charge in [-0.2, -0.15) is 13.2 Å². The molecule has 0 amide bonds. The molecule has 7 heteroatoms. The van der Waals surface area contributed by atoms with Gasteiger partial charge in [0.1, 0.15) is 11.7 Å². The minimum absolute atomic E-state index is 0.205. The number of cyclic esters (lactones) is 2. The van der Waals surface area contributed by atoms with Crippen molar-refractivity contribution in [3.05, 3.63) is 23.7 Å². The highest BCUT2D eigenvalue weighted by Gasteiger charge is 2.40. The number of rotatable bonds is 1. The van der Waals surface area contributed by atoms with Gasteiger partial charge in [-0.05, 0) is 12.1 Å². The summed E-state index contributed by atoms with van der Waals surface area (Å²) in [4.78, 5) is 21.8. The third-order valence-corrected chi connectivity index (χ3v) is 2.12. The molecule has 16 heavy (non-hydrogen) atoms. The first-order valence-electron chi connectivity index (χ1n) is 4.29. The summed E-state index contributed by atoms with van der Waals surface area (Å²) in [6, 6.07) is 1.73. The van der Waals surface area contributed by atoms with Crippen LogP contribution in [-0.2, 0) is 20.5 Å². The molecule has 1 aliphatic heterocycles. The highest BCUT2D eigenvalue weighted by Crippen LogP contribution is 2.35. The van der Waals surface area contributed by atoms with E-state index in [0.717, 1.165) is 6.07 Å². The van der Waals surface area contributed by atoms with E-state index in [0.29, 0.717) is 6.07 Å². The second-order valence-electron chi connectivity index (χ2n) is 3.25. The Morgan fingerprint density at radius 1 is 1.25 bits per heavy atom. The fourth-order valence-corrected chi connectivity index (χ4v) is 1.38. The van der Waals surface area contributed by atoms with Crippen LogP contribution in [0.4, 0.5) is 13.2 Å². The Kier molecular flexibility index (Phi) is 2.25. The molecule has 1 fully saturated rings. The number of esters is 2. The van der Waals surface area contributed by atoms with E-state index in [9.17, 15) is 22.8 Å². The van der Waals surface area contributed by atoms with Gasteiger partial charge in [0.2, 0.25) is 5.76 Å². The number of furan rings is 1. The summed E-state index contributed by atoms with van der Waals surface area (Å²) in [5.74, 6) is -4.12. The molecule has 1 aromatic rings. The van der Waals surface area contributed by atoms with Crippen LogP contribution in [0, 0.1) is 0 Å². The van der Waals surface area contributed by atoms with Gasteiger partial charge in [0.15, 0.2) is 0 Å². The van der Waals surface area contributed by atoms with Crippen LogP contribution in [-0.4, -0.2) is 11.9 Å². The lowest BCUT2D eigenvalue weighted by atomic mass is 10.1. The Balaban J connectivity index is 2.26. The molecule has 86 valence electrons. The van der Waals surface area contributed by atoms with Crippen molar-refractivity contribution in [3.63, 3.8) is 0 Å². The van der Waals surface area contributed by atoms with Crippen molar-refractivity contribution in [3.8, 4) is 0 Å². The molecule has 0 radical (unpaired) electrons. The first-order chi connectivity index (χ1) is 7.38. The second kappa shape index (κ2) is 3.36. The van der Waals surface area contributed by atoms with Crippen LogP contribution >= 0.6 is 0 Å². The van der Waals surface area contributed by atoms with Gasteiger partial charge in [0.05, 0.1) is 6.42 Å². The maximum atomic E-state index is 12.2. The summed E-state index contributed by atoms with van der Waals surface area (Å²) in [6.07, 6.45) is -4.89. The number of ether oxygens (including phenoxy) is 1. The van der Waals surface area contributed by atoms with Crippen molar-refractivity contribution in [1.29, 1.82) is 0 Å². The van der Waals surface area contributed by atoms with E-state index >= 15 is 0 Å². The molecule has 1 unspecified atom stereocenters. The first-order valence-corrected chi connectivity index (χ1v) is 4.29. The standard InChI is InChI=1S/C9H5F3O4/c10-9(11,12)6-2-1-5(15-6)4-3-7(13)16-8(4)14/h1-2,4H,3H2. The maximum Gasteiger partial charge on any atom is 0.449 e. The van der Waals surface area contributed by atoms with Crippen LogP contribution < -0.4 is 0 Å². The predicted molar refractivity (Wildman–Crippen MR) is 42.2 cm³/mol. The Morgan fingerprint density at radius 3 is 2.38 bits per heavy atom. The Labute approximate surface area is 87.0 Å². The van der Waals surface area contributed by atoms with Crippen LogP contribution in [0.15, 0.2) is 16.5 Å². The Hall–Kier alpha value is -1.79. The van der Waals surface area contributed by atoms with Crippen molar-refractivity contribution in [2.45, 2.75) is 18.5 Å². The van der Waals surface area contributed by atoms with Crippen LogP contribution in [0.5, 0.6) is 0 Å². The minimum Gasteiger partial charge on any atom is -0.456 e. The number of carbonyl (C=O) groups excluding carboxylic acids is 2. The van der Waals surface area contributed by atoms with Gasteiger partial charge in [0.25, 0.3) is 0 Å². The van der Waals surface area contributed by atoms with Gasteiger partial charge >= 0.3 is 18.1 Å². The summed E-state index contributed by atoms with van der Waals surface area (Å²) in [5.41, 5.74) is 0.